The van der Waals surface area contributed by atoms with Crippen molar-refractivity contribution in [1.29, 1.82) is 0 Å². The molecule has 3 aromatic carbocycles. The zero-order valence-electron chi connectivity index (χ0n) is 18.6. The fourth-order valence-corrected chi connectivity index (χ4v) is 3.84. The number of para-hydroxylation sites is 1. The lowest BCUT2D eigenvalue weighted by molar-refractivity contribution is -0.136. The van der Waals surface area contributed by atoms with Gasteiger partial charge in [0.2, 0.25) is 0 Å². The van der Waals surface area contributed by atoms with Crippen molar-refractivity contribution in [3.63, 3.8) is 0 Å². The number of fused-ring (bicyclic) bond motifs is 1. The van der Waals surface area contributed by atoms with E-state index >= 15 is 0 Å². The first-order valence-electron chi connectivity index (χ1n) is 11.2. The van der Waals surface area contributed by atoms with Gasteiger partial charge in [-0.15, -0.1) is 0 Å². The number of nitrogens with zero attached hydrogens (tertiary/aromatic N) is 1. The second-order valence-corrected chi connectivity index (χ2v) is 7.79. The molecule has 0 spiro atoms. The first kappa shape index (κ1) is 22.4. The minimum atomic E-state index is -0.879. The van der Waals surface area contributed by atoms with Gasteiger partial charge in [-0.05, 0) is 24.6 Å². The molecular formula is C27H27NO5. The molecule has 0 aliphatic rings. The van der Waals surface area contributed by atoms with Gasteiger partial charge in [-0.1, -0.05) is 67.0 Å². The second-order valence-electron chi connectivity index (χ2n) is 7.79. The van der Waals surface area contributed by atoms with Crippen LogP contribution in [0.15, 0.2) is 71.3 Å². The van der Waals surface area contributed by atoms with Gasteiger partial charge in [0, 0.05) is 23.1 Å². The Labute approximate surface area is 192 Å². The lowest BCUT2D eigenvalue weighted by Crippen LogP contribution is -2.08. The summed E-state index contributed by atoms with van der Waals surface area (Å²) in [5.74, 6) is 0.519. The smallest absolute Gasteiger partial charge is 0.307 e. The summed E-state index contributed by atoms with van der Waals surface area (Å²) >= 11 is 0. The van der Waals surface area contributed by atoms with Crippen LogP contribution in [-0.4, -0.2) is 29.4 Å². The molecule has 4 rings (SSSR count). The van der Waals surface area contributed by atoms with Gasteiger partial charge in [0.15, 0.2) is 5.58 Å². The molecule has 0 bridgehead atoms. The van der Waals surface area contributed by atoms with Gasteiger partial charge < -0.3 is 19.1 Å². The molecular weight excluding hydrogens is 418 g/mol. The number of benzene rings is 3. The molecule has 1 aromatic heterocycles. The van der Waals surface area contributed by atoms with Gasteiger partial charge in [0.1, 0.15) is 17.2 Å². The maximum absolute atomic E-state index is 11.0. The monoisotopic (exact) mass is 445 g/mol. The predicted octanol–water partition coefficient (Wildman–Crippen LogP) is 5.92. The van der Waals surface area contributed by atoms with Crippen LogP contribution in [0.2, 0.25) is 0 Å². The SMILES string of the molecule is CCCc1c(OCCCOc2ccccc2CC(=O)O)ccc2c(-c3ccccc3)noc12. The number of carboxylic acid groups (broad SMARTS) is 1. The van der Waals surface area contributed by atoms with Gasteiger partial charge in [0.25, 0.3) is 0 Å². The highest BCUT2D eigenvalue weighted by Gasteiger charge is 2.17. The summed E-state index contributed by atoms with van der Waals surface area (Å²) in [6.45, 7) is 3.03. The van der Waals surface area contributed by atoms with Crippen LogP contribution in [-0.2, 0) is 17.6 Å². The van der Waals surface area contributed by atoms with Crippen molar-refractivity contribution in [2.45, 2.75) is 32.6 Å². The van der Waals surface area contributed by atoms with Crippen LogP contribution in [0.1, 0.15) is 30.9 Å². The van der Waals surface area contributed by atoms with Crippen molar-refractivity contribution < 1.29 is 23.9 Å². The van der Waals surface area contributed by atoms with E-state index in [1.807, 2.05) is 54.6 Å². The molecule has 0 radical (unpaired) electrons. The number of carbonyl (C=O) groups is 1. The molecule has 33 heavy (non-hydrogen) atoms. The summed E-state index contributed by atoms with van der Waals surface area (Å²) in [5, 5.41) is 14.4. The molecule has 0 aliphatic carbocycles. The first-order valence-corrected chi connectivity index (χ1v) is 11.2. The molecule has 0 aliphatic heterocycles. The molecule has 0 saturated carbocycles. The van der Waals surface area contributed by atoms with E-state index in [1.165, 1.54) is 0 Å². The number of aromatic nitrogens is 1. The molecule has 6 nitrogen and oxygen atoms in total. The number of hydrogen-bond donors (Lipinski definition) is 1. The Morgan fingerprint density at radius 3 is 2.42 bits per heavy atom. The van der Waals surface area contributed by atoms with Crippen LogP contribution in [0.4, 0.5) is 0 Å². The van der Waals surface area contributed by atoms with Crippen LogP contribution in [0, 0.1) is 0 Å². The number of carboxylic acids is 1. The van der Waals surface area contributed by atoms with Gasteiger partial charge >= 0.3 is 5.97 Å². The zero-order valence-corrected chi connectivity index (χ0v) is 18.6. The van der Waals surface area contributed by atoms with Gasteiger partial charge in [0.05, 0.1) is 25.0 Å². The average molecular weight is 446 g/mol. The van der Waals surface area contributed by atoms with Gasteiger partial charge in [-0.2, -0.15) is 0 Å². The van der Waals surface area contributed by atoms with Gasteiger partial charge in [-0.3, -0.25) is 4.79 Å². The first-order chi connectivity index (χ1) is 16.2. The van der Waals surface area contributed by atoms with Crippen molar-refractivity contribution in [1.82, 2.24) is 5.16 Å². The van der Waals surface area contributed by atoms with E-state index in [2.05, 4.69) is 12.1 Å². The Morgan fingerprint density at radius 1 is 0.939 bits per heavy atom. The maximum Gasteiger partial charge on any atom is 0.307 e. The molecule has 0 unspecified atom stereocenters. The summed E-state index contributed by atoms with van der Waals surface area (Å²) in [5.41, 5.74) is 4.32. The number of aliphatic carboxylic acids is 1. The van der Waals surface area contributed by atoms with Gasteiger partial charge in [-0.25, -0.2) is 0 Å². The summed E-state index contributed by atoms with van der Waals surface area (Å²) < 4.78 is 17.6. The molecule has 170 valence electrons. The lowest BCUT2D eigenvalue weighted by Gasteiger charge is -2.13. The molecule has 1 heterocycles. The molecule has 0 amide bonds. The normalized spacial score (nSPS) is 10.9. The molecule has 6 heteroatoms. The second kappa shape index (κ2) is 10.7. The van der Waals surface area contributed by atoms with Crippen molar-refractivity contribution in [2.75, 3.05) is 13.2 Å². The van der Waals surface area contributed by atoms with E-state index in [1.54, 1.807) is 12.1 Å². The van der Waals surface area contributed by atoms with E-state index in [9.17, 15) is 4.79 Å². The van der Waals surface area contributed by atoms with Crippen molar-refractivity contribution in [2.24, 2.45) is 0 Å². The maximum atomic E-state index is 11.0. The number of hydrogen-bond acceptors (Lipinski definition) is 5. The minimum absolute atomic E-state index is 0.0603. The fraction of sp³-hybridized carbons (Fsp3) is 0.259. The standard InChI is InChI=1S/C27H27NO5/c1-2-9-21-24(15-14-22-26(28-33-27(21)22)19-10-4-3-5-11-19)32-17-8-16-31-23-13-7-6-12-20(23)18-25(29)30/h3-7,10-15H,2,8-9,16-18H2,1H3,(H,29,30). The molecule has 0 atom stereocenters. The third-order valence-electron chi connectivity index (χ3n) is 5.37. The predicted molar refractivity (Wildman–Crippen MR) is 127 cm³/mol. The van der Waals surface area contributed by atoms with Crippen LogP contribution >= 0.6 is 0 Å². The average Bonchev–Trinajstić information content (AvgIpc) is 3.26. The van der Waals surface area contributed by atoms with Crippen molar-refractivity contribution in [3.8, 4) is 22.8 Å². The summed E-state index contributed by atoms with van der Waals surface area (Å²) in [4.78, 5) is 11.0. The molecule has 1 N–H and O–H groups in total. The van der Waals surface area contributed by atoms with E-state index < -0.39 is 5.97 Å². The lowest BCUT2D eigenvalue weighted by atomic mass is 10.0. The number of ether oxygens (including phenoxy) is 2. The highest BCUT2D eigenvalue weighted by molar-refractivity contribution is 5.94. The Balaban J connectivity index is 1.42. The number of aryl methyl sites for hydroxylation is 1. The Hall–Kier alpha value is -3.80. The van der Waals surface area contributed by atoms with Crippen LogP contribution in [0.3, 0.4) is 0 Å². The van der Waals surface area contributed by atoms with E-state index in [-0.39, 0.29) is 6.42 Å². The minimum Gasteiger partial charge on any atom is -0.493 e. The third kappa shape index (κ3) is 5.34. The van der Waals surface area contributed by atoms with Crippen molar-refractivity contribution in [3.05, 3.63) is 77.9 Å². The topological polar surface area (TPSA) is 81.8 Å². The molecule has 0 saturated heterocycles. The highest BCUT2D eigenvalue weighted by atomic mass is 16.5. The van der Waals surface area contributed by atoms with E-state index in [0.29, 0.717) is 30.9 Å². The van der Waals surface area contributed by atoms with Crippen LogP contribution < -0.4 is 9.47 Å². The third-order valence-corrected chi connectivity index (χ3v) is 5.37. The Morgan fingerprint density at radius 2 is 1.67 bits per heavy atom. The largest absolute Gasteiger partial charge is 0.493 e. The van der Waals surface area contributed by atoms with Crippen LogP contribution in [0.25, 0.3) is 22.2 Å². The Kier molecular flexibility index (Phi) is 7.25. The summed E-state index contributed by atoms with van der Waals surface area (Å²) in [6.07, 6.45) is 2.39. The summed E-state index contributed by atoms with van der Waals surface area (Å²) in [7, 11) is 0. The zero-order chi connectivity index (χ0) is 23.0. The summed E-state index contributed by atoms with van der Waals surface area (Å²) in [6, 6.07) is 21.2. The Bertz CT molecular complexity index is 1220. The number of rotatable bonds is 11. The molecule has 4 aromatic rings. The molecule has 0 fully saturated rings. The van der Waals surface area contributed by atoms with E-state index in [4.69, 9.17) is 19.1 Å². The quantitative estimate of drug-likeness (QED) is 0.289. The van der Waals surface area contributed by atoms with Crippen LogP contribution in [0.5, 0.6) is 11.5 Å². The fourth-order valence-electron chi connectivity index (χ4n) is 3.84. The van der Waals surface area contributed by atoms with E-state index in [0.717, 1.165) is 46.4 Å². The highest BCUT2D eigenvalue weighted by Crippen LogP contribution is 2.35. The van der Waals surface area contributed by atoms with Crippen molar-refractivity contribution >= 4 is 16.9 Å².